The smallest absolute Gasteiger partial charge is 0.315 e. The number of esters is 1. The van der Waals surface area contributed by atoms with Gasteiger partial charge in [0.1, 0.15) is 6.42 Å². The highest BCUT2D eigenvalue weighted by Gasteiger charge is 2.09. The van der Waals surface area contributed by atoms with Gasteiger partial charge in [0, 0.05) is 12.2 Å². The second-order valence-corrected chi connectivity index (χ2v) is 3.43. The van der Waals surface area contributed by atoms with Gasteiger partial charge in [-0.2, -0.15) is 0 Å². The molecule has 0 aliphatic carbocycles. The summed E-state index contributed by atoms with van der Waals surface area (Å²) >= 11 is 0. The van der Waals surface area contributed by atoms with Gasteiger partial charge in [0.15, 0.2) is 0 Å². The van der Waals surface area contributed by atoms with Crippen molar-refractivity contribution >= 4 is 17.6 Å². The molecule has 5 nitrogen and oxygen atoms in total. The molecule has 0 aromatic heterocycles. The first-order chi connectivity index (χ1) is 8.15. The molecule has 0 aliphatic heterocycles. The van der Waals surface area contributed by atoms with Crippen LogP contribution >= 0.6 is 0 Å². The second-order valence-electron chi connectivity index (χ2n) is 3.43. The summed E-state index contributed by atoms with van der Waals surface area (Å²) in [5.74, 6) is -0.910. The van der Waals surface area contributed by atoms with E-state index in [4.69, 9.17) is 5.73 Å². The molecule has 1 aromatic rings. The van der Waals surface area contributed by atoms with Gasteiger partial charge in [-0.1, -0.05) is 12.1 Å². The summed E-state index contributed by atoms with van der Waals surface area (Å²) in [6.07, 6.45) is -0.271. The molecule has 92 valence electrons. The van der Waals surface area contributed by atoms with Crippen molar-refractivity contribution in [1.82, 2.24) is 0 Å². The van der Waals surface area contributed by atoms with Crippen molar-refractivity contribution in [3.63, 3.8) is 0 Å². The van der Waals surface area contributed by atoms with Crippen molar-refractivity contribution in [3.8, 4) is 0 Å². The predicted molar refractivity (Wildman–Crippen MR) is 64.2 cm³/mol. The summed E-state index contributed by atoms with van der Waals surface area (Å²) in [6.45, 7) is 2.43. The fraction of sp³-hybridized carbons (Fsp3) is 0.333. The summed E-state index contributed by atoms with van der Waals surface area (Å²) in [7, 11) is 0. The van der Waals surface area contributed by atoms with E-state index in [2.05, 4.69) is 10.1 Å². The van der Waals surface area contributed by atoms with Crippen LogP contribution in [0.1, 0.15) is 18.9 Å². The van der Waals surface area contributed by atoms with Gasteiger partial charge in [-0.05, 0) is 24.6 Å². The van der Waals surface area contributed by atoms with Gasteiger partial charge in [0.2, 0.25) is 5.91 Å². The zero-order valence-electron chi connectivity index (χ0n) is 9.73. The van der Waals surface area contributed by atoms with Crippen LogP contribution in [0.4, 0.5) is 5.69 Å². The highest BCUT2D eigenvalue weighted by molar-refractivity contribution is 6.01. The molecule has 0 saturated heterocycles. The van der Waals surface area contributed by atoms with Crippen molar-refractivity contribution in [3.05, 3.63) is 29.8 Å². The Morgan fingerprint density at radius 3 is 2.47 bits per heavy atom. The largest absolute Gasteiger partial charge is 0.466 e. The quantitative estimate of drug-likeness (QED) is 0.591. The normalized spacial score (nSPS) is 9.76. The summed E-state index contributed by atoms with van der Waals surface area (Å²) in [5.41, 5.74) is 7.07. The lowest BCUT2D eigenvalue weighted by molar-refractivity contribution is -0.145. The van der Waals surface area contributed by atoms with Gasteiger partial charge < -0.3 is 15.8 Å². The average molecular weight is 236 g/mol. The third-order valence-electron chi connectivity index (χ3n) is 2.08. The van der Waals surface area contributed by atoms with E-state index < -0.39 is 5.97 Å². The SMILES string of the molecule is CCOC(=O)CC(=O)Nc1ccc(CN)cc1. The van der Waals surface area contributed by atoms with Crippen molar-refractivity contribution in [2.75, 3.05) is 11.9 Å². The zero-order chi connectivity index (χ0) is 12.7. The molecule has 5 heteroatoms. The molecule has 0 fully saturated rings. The third kappa shape index (κ3) is 4.65. The number of nitrogens with two attached hydrogens (primary N) is 1. The summed E-state index contributed by atoms with van der Waals surface area (Å²) in [6, 6.07) is 7.12. The topological polar surface area (TPSA) is 81.4 Å². The number of rotatable bonds is 5. The molecule has 0 atom stereocenters. The Morgan fingerprint density at radius 1 is 1.29 bits per heavy atom. The van der Waals surface area contributed by atoms with E-state index >= 15 is 0 Å². The molecule has 0 radical (unpaired) electrons. The molecular formula is C12H16N2O3. The first-order valence-electron chi connectivity index (χ1n) is 5.40. The second kappa shape index (κ2) is 6.65. The van der Waals surface area contributed by atoms with Crippen molar-refractivity contribution in [2.24, 2.45) is 5.73 Å². The molecule has 1 amide bonds. The number of carbonyl (C=O) groups excluding carboxylic acids is 2. The molecule has 17 heavy (non-hydrogen) atoms. The molecule has 1 aromatic carbocycles. The van der Waals surface area contributed by atoms with Gasteiger partial charge in [0.05, 0.1) is 6.61 Å². The van der Waals surface area contributed by atoms with Gasteiger partial charge in [-0.25, -0.2) is 0 Å². The zero-order valence-corrected chi connectivity index (χ0v) is 9.73. The standard InChI is InChI=1S/C12H16N2O3/c1-2-17-12(16)7-11(15)14-10-5-3-9(8-13)4-6-10/h3-6H,2,7-8,13H2,1H3,(H,14,15). The number of ether oxygens (including phenoxy) is 1. The lowest BCUT2D eigenvalue weighted by atomic mass is 10.2. The minimum Gasteiger partial charge on any atom is -0.466 e. The van der Waals surface area contributed by atoms with Crippen molar-refractivity contribution < 1.29 is 14.3 Å². The highest BCUT2D eigenvalue weighted by Crippen LogP contribution is 2.09. The molecule has 0 aliphatic rings. The van der Waals surface area contributed by atoms with Gasteiger partial charge >= 0.3 is 5.97 Å². The fourth-order valence-corrected chi connectivity index (χ4v) is 1.27. The Bertz CT molecular complexity index is 387. The minimum atomic E-state index is -0.524. The number of benzene rings is 1. The van der Waals surface area contributed by atoms with Crippen LogP contribution in [-0.2, 0) is 20.9 Å². The van der Waals surface area contributed by atoms with E-state index in [1.165, 1.54) is 0 Å². The van der Waals surface area contributed by atoms with Crippen molar-refractivity contribution in [1.29, 1.82) is 0 Å². The van der Waals surface area contributed by atoms with Gasteiger partial charge in [-0.3, -0.25) is 9.59 Å². The molecule has 0 spiro atoms. The molecular weight excluding hydrogens is 220 g/mol. The monoisotopic (exact) mass is 236 g/mol. The van der Waals surface area contributed by atoms with E-state index in [-0.39, 0.29) is 18.9 Å². The van der Waals surface area contributed by atoms with E-state index in [0.29, 0.717) is 12.2 Å². The van der Waals surface area contributed by atoms with E-state index in [9.17, 15) is 9.59 Å². The molecule has 1 rings (SSSR count). The fourth-order valence-electron chi connectivity index (χ4n) is 1.27. The van der Waals surface area contributed by atoms with Crippen LogP contribution in [0.5, 0.6) is 0 Å². The van der Waals surface area contributed by atoms with Crippen LogP contribution in [0.15, 0.2) is 24.3 Å². The van der Waals surface area contributed by atoms with Gasteiger partial charge in [-0.15, -0.1) is 0 Å². The van der Waals surface area contributed by atoms with E-state index in [1.54, 1.807) is 19.1 Å². The lowest BCUT2D eigenvalue weighted by Gasteiger charge is -2.05. The summed E-state index contributed by atoms with van der Waals surface area (Å²) in [4.78, 5) is 22.5. The Labute approximate surface area is 99.9 Å². The Hall–Kier alpha value is -1.88. The maximum absolute atomic E-state index is 11.4. The van der Waals surface area contributed by atoms with E-state index in [1.807, 2.05) is 12.1 Å². The molecule has 0 saturated carbocycles. The first kappa shape index (κ1) is 13.2. The number of nitrogens with one attached hydrogen (secondary N) is 1. The Balaban J connectivity index is 2.47. The van der Waals surface area contributed by atoms with Gasteiger partial charge in [0.25, 0.3) is 0 Å². The molecule has 3 N–H and O–H groups in total. The van der Waals surface area contributed by atoms with Crippen LogP contribution in [0.3, 0.4) is 0 Å². The first-order valence-corrected chi connectivity index (χ1v) is 5.40. The van der Waals surface area contributed by atoms with Crippen LogP contribution in [0.2, 0.25) is 0 Å². The van der Waals surface area contributed by atoms with E-state index in [0.717, 1.165) is 5.56 Å². The highest BCUT2D eigenvalue weighted by atomic mass is 16.5. The molecule has 0 heterocycles. The molecule has 0 bridgehead atoms. The number of hydrogen-bond donors (Lipinski definition) is 2. The van der Waals surface area contributed by atoms with Crippen LogP contribution in [0.25, 0.3) is 0 Å². The number of carbonyl (C=O) groups is 2. The van der Waals surface area contributed by atoms with Crippen molar-refractivity contribution in [2.45, 2.75) is 19.9 Å². The van der Waals surface area contributed by atoms with Crippen LogP contribution in [0, 0.1) is 0 Å². The molecule has 0 unspecified atom stereocenters. The number of hydrogen-bond acceptors (Lipinski definition) is 4. The number of anilines is 1. The lowest BCUT2D eigenvalue weighted by Crippen LogP contribution is -2.18. The maximum Gasteiger partial charge on any atom is 0.315 e. The average Bonchev–Trinajstić information content (AvgIpc) is 2.30. The minimum absolute atomic E-state index is 0.271. The summed E-state index contributed by atoms with van der Waals surface area (Å²) < 4.78 is 4.67. The van der Waals surface area contributed by atoms with Crippen LogP contribution in [-0.4, -0.2) is 18.5 Å². The maximum atomic E-state index is 11.4. The number of amides is 1. The Morgan fingerprint density at radius 2 is 1.94 bits per heavy atom. The predicted octanol–water partition coefficient (Wildman–Crippen LogP) is 1.04. The third-order valence-corrected chi connectivity index (χ3v) is 2.08. The van der Waals surface area contributed by atoms with Crippen LogP contribution < -0.4 is 11.1 Å². The summed E-state index contributed by atoms with van der Waals surface area (Å²) in [5, 5.41) is 2.60. The Kier molecular flexibility index (Phi) is 5.16.